The number of hydrogen-bond donors (Lipinski definition) is 2. The zero-order chi connectivity index (χ0) is 14.5. The van der Waals surface area contributed by atoms with Crippen LogP contribution in [0.1, 0.15) is 22.5 Å². The lowest BCUT2D eigenvalue weighted by atomic mass is 10.1. The molecule has 2 aromatic rings. The number of benzene rings is 1. The highest BCUT2D eigenvalue weighted by atomic mass is 16.3. The van der Waals surface area contributed by atoms with E-state index in [4.69, 9.17) is 0 Å². The molecular formula is C16H23N3O. The van der Waals surface area contributed by atoms with Crippen LogP contribution < -0.4 is 5.32 Å². The van der Waals surface area contributed by atoms with Gasteiger partial charge in [0.15, 0.2) is 0 Å². The topological polar surface area (TPSA) is 50.1 Å². The van der Waals surface area contributed by atoms with Gasteiger partial charge in [-0.25, -0.2) is 0 Å². The van der Waals surface area contributed by atoms with Crippen molar-refractivity contribution in [2.75, 3.05) is 6.54 Å². The third-order valence-electron chi connectivity index (χ3n) is 3.65. The van der Waals surface area contributed by atoms with Crippen molar-refractivity contribution in [3.8, 4) is 0 Å². The number of aromatic nitrogens is 2. The molecule has 20 heavy (non-hydrogen) atoms. The van der Waals surface area contributed by atoms with Crippen molar-refractivity contribution in [1.29, 1.82) is 0 Å². The fourth-order valence-corrected chi connectivity index (χ4v) is 2.40. The van der Waals surface area contributed by atoms with Crippen LogP contribution in [-0.4, -0.2) is 27.5 Å². The van der Waals surface area contributed by atoms with Gasteiger partial charge in [-0.1, -0.05) is 30.3 Å². The maximum atomic E-state index is 10.0. The van der Waals surface area contributed by atoms with Crippen molar-refractivity contribution in [2.24, 2.45) is 7.05 Å². The summed E-state index contributed by atoms with van der Waals surface area (Å²) >= 11 is 0. The lowest BCUT2D eigenvalue weighted by Crippen LogP contribution is -2.28. The summed E-state index contributed by atoms with van der Waals surface area (Å²) in [5.74, 6) is 0. The van der Waals surface area contributed by atoms with E-state index >= 15 is 0 Å². The quantitative estimate of drug-likeness (QED) is 0.843. The van der Waals surface area contributed by atoms with Gasteiger partial charge in [0, 0.05) is 31.4 Å². The maximum absolute atomic E-state index is 10.0. The van der Waals surface area contributed by atoms with Crippen molar-refractivity contribution in [2.45, 2.75) is 32.9 Å². The van der Waals surface area contributed by atoms with Gasteiger partial charge >= 0.3 is 0 Å². The second kappa shape index (κ2) is 6.68. The van der Waals surface area contributed by atoms with E-state index in [9.17, 15) is 5.11 Å². The number of aliphatic hydroxyl groups is 1. The molecule has 0 amide bonds. The fourth-order valence-electron chi connectivity index (χ4n) is 2.40. The van der Waals surface area contributed by atoms with Gasteiger partial charge in [-0.2, -0.15) is 5.10 Å². The molecule has 0 aliphatic heterocycles. The Bertz CT molecular complexity index is 548. The molecular weight excluding hydrogens is 250 g/mol. The Morgan fingerprint density at radius 3 is 2.55 bits per heavy atom. The summed E-state index contributed by atoms with van der Waals surface area (Å²) in [5.41, 5.74) is 4.61. The normalized spacial score (nSPS) is 12.6. The van der Waals surface area contributed by atoms with Crippen LogP contribution in [0.4, 0.5) is 0 Å². The number of nitrogens with zero attached hydrogens (tertiary/aromatic N) is 2. The second-order valence-electron chi connectivity index (χ2n) is 5.25. The Hall–Kier alpha value is -1.65. The van der Waals surface area contributed by atoms with Gasteiger partial charge in [-0.3, -0.25) is 4.68 Å². The van der Waals surface area contributed by atoms with E-state index in [2.05, 4.69) is 17.3 Å². The highest BCUT2D eigenvalue weighted by molar-refractivity contribution is 5.24. The van der Waals surface area contributed by atoms with Gasteiger partial charge in [-0.15, -0.1) is 0 Å². The number of aryl methyl sites for hydroxylation is 2. The van der Waals surface area contributed by atoms with Gasteiger partial charge in [-0.05, 0) is 25.8 Å². The van der Waals surface area contributed by atoms with Crippen LogP contribution in [0, 0.1) is 13.8 Å². The molecule has 1 heterocycles. The molecule has 1 aromatic heterocycles. The molecule has 0 saturated heterocycles. The van der Waals surface area contributed by atoms with Gasteiger partial charge < -0.3 is 10.4 Å². The van der Waals surface area contributed by atoms with E-state index in [1.807, 2.05) is 49.0 Å². The van der Waals surface area contributed by atoms with Crippen LogP contribution in [0.3, 0.4) is 0 Å². The summed E-state index contributed by atoms with van der Waals surface area (Å²) in [6.45, 7) is 5.42. The summed E-state index contributed by atoms with van der Waals surface area (Å²) in [4.78, 5) is 0. The van der Waals surface area contributed by atoms with Crippen molar-refractivity contribution in [3.05, 3.63) is 52.8 Å². The van der Waals surface area contributed by atoms with Crippen LogP contribution in [-0.2, 0) is 20.0 Å². The van der Waals surface area contributed by atoms with Gasteiger partial charge in [0.2, 0.25) is 0 Å². The van der Waals surface area contributed by atoms with E-state index in [0.29, 0.717) is 13.0 Å². The maximum Gasteiger partial charge on any atom is 0.0704 e. The van der Waals surface area contributed by atoms with E-state index < -0.39 is 0 Å². The van der Waals surface area contributed by atoms with Gasteiger partial charge in [0.25, 0.3) is 0 Å². The van der Waals surface area contributed by atoms with Gasteiger partial charge in [0.05, 0.1) is 11.8 Å². The van der Waals surface area contributed by atoms with Crippen LogP contribution in [0.2, 0.25) is 0 Å². The molecule has 0 fully saturated rings. The van der Waals surface area contributed by atoms with Crippen molar-refractivity contribution < 1.29 is 5.11 Å². The lowest BCUT2D eigenvalue weighted by molar-refractivity contribution is 0.171. The SMILES string of the molecule is Cc1nn(C)c(C)c1CNCC(O)Cc1ccccc1. The average molecular weight is 273 g/mol. The van der Waals surface area contributed by atoms with Crippen molar-refractivity contribution in [1.82, 2.24) is 15.1 Å². The van der Waals surface area contributed by atoms with Crippen LogP contribution >= 0.6 is 0 Å². The largest absolute Gasteiger partial charge is 0.391 e. The van der Waals surface area contributed by atoms with Crippen LogP contribution in [0.5, 0.6) is 0 Å². The molecule has 0 radical (unpaired) electrons. The Kier molecular flexibility index (Phi) is 4.93. The first-order chi connectivity index (χ1) is 9.58. The molecule has 1 aromatic carbocycles. The third-order valence-corrected chi connectivity index (χ3v) is 3.65. The standard InChI is InChI=1S/C16H23N3O/c1-12-16(13(2)19(3)18-12)11-17-10-15(20)9-14-7-5-4-6-8-14/h4-8,15,17,20H,9-11H2,1-3H3. The monoisotopic (exact) mass is 273 g/mol. The summed E-state index contributed by atoms with van der Waals surface area (Å²) in [5, 5.41) is 17.7. The predicted octanol–water partition coefficient (Wildman–Crippen LogP) is 1.73. The Morgan fingerprint density at radius 1 is 1.25 bits per heavy atom. The summed E-state index contributed by atoms with van der Waals surface area (Å²) in [6, 6.07) is 10.1. The smallest absolute Gasteiger partial charge is 0.0704 e. The predicted molar refractivity (Wildman–Crippen MR) is 80.5 cm³/mol. The molecule has 4 nitrogen and oxygen atoms in total. The van der Waals surface area contributed by atoms with E-state index in [1.54, 1.807) is 0 Å². The van der Waals surface area contributed by atoms with E-state index in [0.717, 1.165) is 17.8 Å². The molecule has 0 spiro atoms. The Balaban J connectivity index is 1.81. The van der Waals surface area contributed by atoms with Gasteiger partial charge in [0.1, 0.15) is 0 Å². The number of rotatable bonds is 6. The fraction of sp³-hybridized carbons (Fsp3) is 0.438. The van der Waals surface area contributed by atoms with Crippen molar-refractivity contribution in [3.63, 3.8) is 0 Å². The van der Waals surface area contributed by atoms with Crippen LogP contribution in [0.25, 0.3) is 0 Å². The molecule has 2 rings (SSSR count). The summed E-state index contributed by atoms with van der Waals surface area (Å²) in [7, 11) is 1.95. The van der Waals surface area contributed by atoms with Crippen LogP contribution in [0.15, 0.2) is 30.3 Å². The van der Waals surface area contributed by atoms with Crippen molar-refractivity contribution >= 4 is 0 Å². The molecule has 0 aliphatic carbocycles. The molecule has 1 atom stereocenters. The number of aliphatic hydroxyl groups excluding tert-OH is 1. The van der Waals surface area contributed by atoms with E-state index in [1.165, 1.54) is 11.3 Å². The minimum atomic E-state index is -0.366. The van der Waals surface area contributed by atoms with E-state index in [-0.39, 0.29) is 6.10 Å². The third kappa shape index (κ3) is 3.68. The highest BCUT2D eigenvalue weighted by Crippen LogP contribution is 2.11. The molecule has 2 N–H and O–H groups in total. The Labute approximate surface area is 120 Å². The zero-order valence-electron chi connectivity index (χ0n) is 12.4. The zero-order valence-corrected chi connectivity index (χ0v) is 12.4. The summed E-state index contributed by atoms with van der Waals surface area (Å²) in [6.07, 6.45) is 0.313. The number of hydrogen-bond acceptors (Lipinski definition) is 3. The Morgan fingerprint density at radius 2 is 1.95 bits per heavy atom. The molecule has 108 valence electrons. The first kappa shape index (κ1) is 14.8. The molecule has 1 unspecified atom stereocenters. The minimum Gasteiger partial charge on any atom is -0.391 e. The minimum absolute atomic E-state index is 0.366. The molecule has 0 aliphatic rings. The summed E-state index contributed by atoms with van der Waals surface area (Å²) < 4.78 is 1.90. The highest BCUT2D eigenvalue weighted by Gasteiger charge is 2.10. The average Bonchev–Trinajstić information content (AvgIpc) is 2.66. The molecule has 0 saturated carbocycles. The second-order valence-corrected chi connectivity index (χ2v) is 5.25. The first-order valence-electron chi connectivity index (χ1n) is 6.99. The lowest BCUT2D eigenvalue weighted by Gasteiger charge is -2.12. The first-order valence-corrected chi connectivity index (χ1v) is 6.99. The molecule has 4 heteroatoms. The molecule has 0 bridgehead atoms. The number of nitrogens with one attached hydrogen (secondary N) is 1.